The Balaban J connectivity index is 0.00000110. The van der Waals surface area contributed by atoms with Gasteiger partial charge in [-0.3, -0.25) is 0 Å². The van der Waals surface area contributed by atoms with Gasteiger partial charge >= 0.3 is 0 Å². The maximum Gasteiger partial charge on any atom is -0.0145 e. The lowest BCUT2D eigenvalue weighted by Gasteiger charge is -2.15. The Kier molecular flexibility index (Phi) is 5.96. The molecule has 0 aromatic heterocycles. The molecule has 0 amide bonds. The molecule has 1 unspecified atom stereocenters. The van der Waals surface area contributed by atoms with Crippen molar-refractivity contribution >= 4 is 21.5 Å². The van der Waals surface area contributed by atoms with Crippen molar-refractivity contribution in [3.05, 3.63) is 60.2 Å². The van der Waals surface area contributed by atoms with E-state index >= 15 is 0 Å². The van der Waals surface area contributed by atoms with Crippen molar-refractivity contribution in [1.29, 1.82) is 0 Å². The van der Waals surface area contributed by atoms with Gasteiger partial charge in [-0.05, 0) is 45.5 Å². The van der Waals surface area contributed by atoms with Crippen LogP contribution in [0.15, 0.2) is 54.6 Å². The molecular weight excluding hydrogens is 252 g/mol. The highest BCUT2D eigenvalue weighted by molar-refractivity contribution is 6.02. The van der Waals surface area contributed by atoms with E-state index in [2.05, 4.69) is 68.4 Å². The van der Waals surface area contributed by atoms with Crippen molar-refractivity contribution < 1.29 is 0 Å². The summed E-state index contributed by atoms with van der Waals surface area (Å²) >= 11 is 0. The molecule has 112 valence electrons. The quantitative estimate of drug-likeness (QED) is 0.460. The van der Waals surface area contributed by atoms with Crippen LogP contribution in [0.2, 0.25) is 0 Å². The van der Waals surface area contributed by atoms with Gasteiger partial charge in [0.25, 0.3) is 0 Å². The lowest BCUT2D eigenvalue weighted by atomic mass is 9.90. The van der Waals surface area contributed by atoms with E-state index in [1.165, 1.54) is 39.9 Å². The minimum atomic E-state index is 0. The number of hydrogen-bond acceptors (Lipinski definition) is 0. The van der Waals surface area contributed by atoms with Crippen molar-refractivity contribution in [1.82, 2.24) is 0 Å². The SMILES string of the molecule is C.C.CCC(C)Cc1c2ccccc2cc2ccccc12. The van der Waals surface area contributed by atoms with Crippen molar-refractivity contribution in [2.24, 2.45) is 5.92 Å². The van der Waals surface area contributed by atoms with Crippen LogP contribution in [0.1, 0.15) is 40.7 Å². The molecule has 0 N–H and O–H groups in total. The van der Waals surface area contributed by atoms with Crippen molar-refractivity contribution in [3.63, 3.8) is 0 Å². The summed E-state index contributed by atoms with van der Waals surface area (Å²) in [6, 6.07) is 19.8. The molecule has 0 saturated carbocycles. The predicted octanol–water partition coefficient (Wildman–Crippen LogP) is 6.85. The summed E-state index contributed by atoms with van der Waals surface area (Å²) < 4.78 is 0. The van der Waals surface area contributed by atoms with E-state index < -0.39 is 0 Å². The lowest BCUT2D eigenvalue weighted by molar-refractivity contribution is 0.564. The molecule has 0 saturated heterocycles. The Morgan fingerprint density at radius 2 is 1.29 bits per heavy atom. The highest BCUT2D eigenvalue weighted by Gasteiger charge is 2.09. The summed E-state index contributed by atoms with van der Waals surface area (Å²) in [7, 11) is 0. The summed E-state index contributed by atoms with van der Waals surface area (Å²) in [6.45, 7) is 4.62. The number of benzene rings is 3. The van der Waals surface area contributed by atoms with E-state index in [1.54, 1.807) is 0 Å². The van der Waals surface area contributed by atoms with Gasteiger partial charge in [-0.25, -0.2) is 0 Å². The van der Waals surface area contributed by atoms with E-state index in [9.17, 15) is 0 Å². The predicted molar refractivity (Wildman–Crippen MR) is 98.1 cm³/mol. The molecule has 0 fully saturated rings. The zero-order valence-corrected chi connectivity index (χ0v) is 11.7. The van der Waals surface area contributed by atoms with Crippen LogP contribution in [-0.2, 0) is 6.42 Å². The van der Waals surface area contributed by atoms with Crippen LogP contribution in [0.5, 0.6) is 0 Å². The Morgan fingerprint density at radius 3 is 1.76 bits per heavy atom. The Bertz CT molecular complexity index is 655. The van der Waals surface area contributed by atoms with Gasteiger partial charge in [0.2, 0.25) is 0 Å². The third-order valence-electron chi connectivity index (χ3n) is 4.13. The van der Waals surface area contributed by atoms with Gasteiger partial charge in [0, 0.05) is 0 Å². The molecular formula is C21H28. The fourth-order valence-corrected chi connectivity index (χ4v) is 2.82. The summed E-state index contributed by atoms with van der Waals surface area (Å²) in [5.41, 5.74) is 1.52. The van der Waals surface area contributed by atoms with Gasteiger partial charge in [0.1, 0.15) is 0 Å². The second-order valence-corrected chi connectivity index (χ2v) is 5.51. The highest BCUT2D eigenvalue weighted by atomic mass is 14.1. The van der Waals surface area contributed by atoms with E-state index in [1.807, 2.05) is 0 Å². The summed E-state index contributed by atoms with van der Waals surface area (Å²) in [5, 5.41) is 5.56. The van der Waals surface area contributed by atoms with Crippen molar-refractivity contribution in [2.75, 3.05) is 0 Å². The van der Waals surface area contributed by atoms with E-state index in [4.69, 9.17) is 0 Å². The molecule has 21 heavy (non-hydrogen) atoms. The molecule has 3 aromatic carbocycles. The molecule has 0 bridgehead atoms. The van der Waals surface area contributed by atoms with Crippen LogP contribution in [0, 0.1) is 5.92 Å². The van der Waals surface area contributed by atoms with E-state index in [-0.39, 0.29) is 14.9 Å². The van der Waals surface area contributed by atoms with Gasteiger partial charge in [-0.2, -0.15) is 0 Å². The largest absolute Gasteiger partial charge is 0.0776 e. The first-order valence-corrected chi connectivity index (χ1v) is 7.19. The molecule has 1 atom stereocenters. The van der Waals surface area contributed by atoms with E-state index in [0.717, 1.165) is 5.92 Å². The number of fused-ring (bicyclic) bond motifs is 2. The zero-order valence-electron chi connectivity index (χ0n) is 11.7. The van der Waals surface area contributed by atoms with Crippen LogP contribution in [0.25, 0.3) is 21.5 Å². The maximum atomic E-state index is 2.34. The van der Waals surface area contributed by atoms with Gasteiger partial charge < -0.3 is 0 Å². The summed E-state index contributed by atoms with van der Waals surface area (Å²) in [6.07, 6.45) is 2.40. The second-order valence-electron chi connectivity index (χ2n) is 5.51. The van der Waals surface area contributed by atoms with Crippen LogP contribution in [0.3, 0.4) is 0 Å². The molecule has 3 rings (SSSR count). The third-order valence-corrected chi connectivity index (χ3v) is 4.13. The smallest absolute Gasteiger partial charge is 0.0145 e. The second kappa shape index (κ2) is 7.26. The minimum absolute atomic E-state index is 0. The van der Waals surface area contributed by atoms with Gasteiger partial charge in [0.05, 0.1) is 0 Å². The topological polar surface area (TPSA) is 0 Å². The lowest BCUT2D eigenvalue weighted by Crippen LogP contribution is -1.99. The Morgan fingerprint density at radius 1 is 0.810 bits per heavy atom. The van der Waals surface area contributed by atoms with E-state index in [0.29, 0.717) is 0 Å². The van der Waals surface area contributed by atoms with Gasteiger partial charge in [0.15, 0.2) is 0 Å². The van der Waals surface area contributed by atoms with Crippen LogP contribution < -0.4 is 0 Å². The number of hydrogen-bond donors (Lipinski definition) is 0. The first kappa shape index (κ1) is 17.2. The molecule has 0 radical (unpaired) electrons. The number of rotatable bonds is 3. The molecule has 0 aliphatic rings. The van der Waals surface area contributed by atoms with Crippen molar-refractivity contribution in [2.45, 2.75) is 41.5 Å². The summed E-state index contributed by atoms with van der Waals surface area (Å²) in [5.74, 6) is 0.731. The molecule has 0 nitrogen and oxygen atoms in total. The molecule has 0 heteroatoms. The average Bonchev–Trinajstić information content (AvgIpc) is 2.46. The maximum absolute atomic E-state index is 2.34. The van der Waals surface area contributed by atoms with Crippen LogP contribution in [0.4, 0.5) is 0 Å². The monoisotopic (exact) mass is 280 g/mol. The Hall–Kier alpha value is -1.82. The fourth-order valence-electron chi connectivity index (χ4n) is 2.82. The molecule has 0 heterocycles. The summed E-state index contributed by atoms with van der Waals surface area (Å²) in [4.78, 5) is 0. The van der Waals surface area contributed by atoms with Crippen LogP contribution in [-0.4, -0.2) is 0 Å². The molecule has 3 aromatic rings. The van der Waals surface area contributed by atoms with Gasteiger partial charge in [-0.15, -0.1) is 0 Å². The van der Waals surface area contributed by atoms with Crippen LogP contribution >= 0.6 is 0 Å². The minimum Gasteiger partial charge on any atom is -0.0776 e. The first-order valence-electron chi connectivity index (χ1n) is 7.19. The highest BCUT2D eigenvalue weighted by Crippen LogP contribution is 2.30. The molecule has 0 aliphatic heterocycles. The fraction of sp³-hybridized carbons (Fsp3) is 0.333. The average molecular weight is 280 g/mol. The van der Waals surface area contributed by atoms with Crippen molar-refractivity contribution in [3.8, 4) is 0 Å². The third kappa shape index (κ3) is 3.26. The normalized spacial score (nSPS) is 11.7. The van der Waals surface area contributed by atoms with Gasteiger partial charge in [-0.1, -0.05) is 83.7 Å². The Labute approximate surface area is 129 Å². The zero-order chi connectivity index (χ0) is 13.2. The molecule has 0 aliphatic carbocycles. The first-order chi connectivity index (χ1) is 9.29. The molecule has 0 spiro atoms. The standard InChI is InChI=1S/C19H20.2CH4/c1-3-14(2)12-19-17-10-6-4-8-15(17)13-16-9-5-7-11-18(16)19;;/h4-11,13-14H,3,12H2,1-2H3;2*1H4.